The Kier molecular flexibility index (Phi) is 5.01. The minimum Gasteiger partial charge on any atom is -0.366 e. The highest BCUT2D eigenvalue weighted by Gasteiger charge is 2.36. The smallest absolute Gasteiger partial charge is 0.0936 e. The Morgan fingerprint density at radius 2 is 1.88 bits per heavy atom. The molecule has 2 rings (SSSR count). The Bertz CT molecular complexity index is 315. The van der Waals surface area contributed by atoms with Crippen molar-refractivity contribution >= 4 is 0 Å². The fourth-order valence-electron chi connectivity index (χ4n) is 2.46. The molecule has 1 atom stereocenters. The largest absolute Gasteiger partial charge is 0.366 e. The van der Waals surface area contributed by atoms with E-state index in [2.05, 4.69) is 38.1 Å². The molecule has 0 spiro atoms. The van der Waals surface area contributed by atoms with Gasteiger partial charge in [-0.05, 0) is 24.0 Å². The maximum Gasteiger partial charge on any atom is 0.0936 e. The SMILES string of the molecule is CC.CCCC1(CC)OCc2ccccc21. The molecule has 1 heteroatoms. The molecule has 16 heavy (non-hydrogen) atoms. The Hall–Kier alpha value is -0.820. The number of ether oxygens (including phenoxy) is 1. The molecule has 0 radical (unpaired) electrons. The highest BCUT2D eigenvalue weighted by atomic mass is 16.5. The number of benzene rings is 1. The molecule has 1 unspecified atom stereocenters. The molecule has 1 heterocycles. The minimum atomic E-state index is 0.0192. The predicted octanol–water partition coefficient (Wildman–Crippen LogP) is 4.65. The van der Waals surface area contributed by atoms with Gasteiger partial charge in [0.2, 0.25) is 0 Å². The first-order valence-electron chi connectivity index (χ1n) is 6.55. The first kappa shape index (κ1) is 13.2. The van der Waals surface area contributed by atoms with E-state index in [-0.39, 0.29) is 5.60 Å². The summed E-state index contributed by atoms with van der Waals surface area (Å²) in [7, 11) is 0. The molecule has 90 valence electrons. The lowest BCUT2D eigenvalue weighted by atomic mass is 9.86. The lowest BCUT2D eigenvalue weighted by Gasteiger charge is -2.27. The van der Waals surface area contributed by atoms with Crippen LogP contribution in [0.5, 0.6) is 0 Å². The van der Waals surface area contributed by atoms with Gasteiger partial charge in [0.1, 0.15) is 0 Å². The average molecular weight is 220 g/mol. The van der Waals surface area contributed by atoms with Crippen LogP contribution >= 0.6 is 0 Å². The van der Waals surface area contributed by atoms with Crippen LogP contribution in [0.1, 0.15) is 58.1 Å². The zero-order valence-corrected chi connectivity index (χ0v) is 11.0. The summed E-state index contributed by atoms with van der Waals surface area (Å²) >= 11 is 0. The summed E-state index contributed by atoms with van der Waals surface area (Å²) in [5.41, 5.74) is 2.82. The molecule has 1 aromatic rings. The molecule has 0 bridgehead atoms. The molecule has 0 N–H and O–H groups in total. The molecule has 0 fully saturated rings. The van der Waals surface area contributed by atoms with Crippen molar-refractivity contribution in [2.75, 3.05) is 0 Å². The summed E-state index contributed by atoms with van der Waals surface area (Å²) in [6.45, 7) is 9.24. The van der Waals surface area contributed by atoms with E-state index in [0.29, 0.717) is 0 Å². The van der Waals surface area contributed by atoms with Crippen LogP contribution in [0.4, 0.5) is 0 Å². The van der Waals surface area contributed by atoms with E-state index in [9.17, 15) is 0 Å². The summed E-state index contributed by atoms with van der Waals surface area (Å²) in [6, 6.07) is 8.62. The summed E-state index contributed by atoms with van der Waals surface area (Å²) in [5.74, 6) is 0. The summed E-state index contributed by atoms with van der Waals surface area (Å²) in [6.07, 6.45) is 3.40. The summed E-state index contributed by atoms with van der Waals surface area (Å²) in [5, 5.41) is 0. The Labute approximate surface area is 99.8 Å². The van der Waals surface area contributed by atoms with Crippen LogP contribution < -0.4 is 0 Å². The van der Waals surface area contributed by atoms with E-state index >= 15 is 0 Å². The third kappa shape index (κ3) is 2.30. The van der Waals surface area contributed by atoms with Crippen molar-refractivity contribution in [2.24, 2.45) is 0 Å². The normalized spacial score (nSPS) is 22.2. The third-order valence-corrected chi connectivity index (χ3v) is 3.24. The molecular weight excluding hydrogens is 196 g/mol. The van der Waals surface area contributed by atoms with E-state index in [4.69, 9.17) is 4.74 Å². The van der Waals surface area contributed by atoms with Crippen molar-refractivity contribution in [3.8, 4) is 0 Å². The van der Waals surface area contributed by atoms with E-state index in [1.165, 1.54) is 17.5 Å². The molecule has 0 saturated carbocycles. The lowest BCUT2D eigenvalue weighted by molar-refractivity contribution is -0.0478. The lowest BCUT2D eigenvalue weighted by Crippen LogP contribution is -2.23. The van der Waals surface area contributed by atoms with Gasteiger partial charge < -0.3 is 4.74 Å². The van der Waals surface area contributed by atoms with E-state index in [1.807, 2.05) is 13.8 Å². The molecule has 0 aromatic heterocycles. The number of hydrogen-bond acceptors (Lipinski definition) is 1. The van der Waals surface area contributed by atoms with Gasteiger partial charge >= 0.3 is 0 Å². The van der Waals surface area contributed by atoms with Gasteiger partial charge in [0.25, 0.3) is 0 Å². The topological polar surface area (TPSA) is 9.23 Å². The quantitative estimate of drug-likeness (QED) is 0.720. The van der Waals surface area contributed by atoms with Crippen molar-refractivity contribution in [3.63, 3.8) is 0 Å². The van der Waals surface area contributed by atoms with Gasteiger partial charge in [-0.1, -0.05) is 58.4 Å². The van der Waals surface area contributed by atoms with Crippen molar-refractivity contribution in [2.45, 2.75) is 59.2 Å². The number of fused-ring (bicyclic) bond motifs is 1. The Balaban J connectivity index is 0.000000606. The maximum absolute atomic E-state index is 6.00. The third-order valence-electron chi connectivity index (χ3n) is 3.24. The fraction of sp³-hybridized carbons (Fsp3) is 0.600. The van der Waals surface area contributed by atoms with Gasteiger partial charge in [0, 0.05) is 0 Å². The van der Waals surface area contributed by atoms with Gasteiger partial charge in [-0.25, -0.2) is 0 Å². The van der Waals surface area contributed by atoms with Crippen LogP contribution in [0.15, 0.2) is 24.3 Å². The van der Waals surface area contributed by atoms with E-state index in [1.54, 1.807) is 0 Å². The monoisotopic (exact) mass is 220 g/mol. The van der Waals surface area contributed by atoms with Gasteiger partial charge in [0.05, 0.1) is 12.2 Å². The van der Waals surface area contributed by atoms with Crippen LogP contribution in [0.3, 0.4) is 0 Å². The Morgan fingerprint density at radius 3 is 2.50 bits per heavy atom. The second-order valence-corrected chi connectivity index (χ2v) is 4.04. The van der Waals surface area contributed by atoms with Crippen LogP contribution in [-0.4, -0.2) is 0 Å². The van der Waals surface area contributed by atoms with Crippen molar-refractivity contribution < 1.29 is 4.74 Å². The Morgan fingerprint density at radius 1 is 1.19 bits per heavy atom. The van der Waals surface area contributed by atoms with Crippen LogP contribution in [0, 0.1) is 0 Å². The van der Waals surface area contributed by atoms with Crippen molar-refractivity contribution in [3.05, 3.63) is 35.4 Å². The van der Waals surface area contributed by atoms with Crippen molar-refractivity contribution in [1.82, 2.24) is 0 Å². The van der Waals surface area contributed by atoms with Crippen LogP contribution in [0.2, 0.25) is 0 Å². The van der Waals surface area contributed by atoms with Crippen LogP contribution in [0.25, 0.3) is 0 Å². The first-order chi connectivity index (χ1) is 7.82. The predicted molar refractivity (Wildman–Crippen MR) is 69.5 cm³/mol. The summed E-state index contributed by atoms with van der Waals surface area (Å²) in [4.78, 5) is 0. The van der Waals surface area contributed by atoms with Crippen molar-refractivity contribution in [1.29, 1.82) is 0 Å². The standard InChI is InChI=1S/C13H18O.C2H6/c1-3-9-13(4-2)12-8-6-5-7-11(12)10-14-13;1-2/h5-8H,3-4,9-10H2,1-2H3;1-2H3. The maximum atomic E-state index is 6.00. The molecule has 1 nitrogen and oxygen atoms in total. The highest BCUT2D eigenvalue weighted by molar-refractivity contribution is 5.35. The van der Waals surface area contributed by atoms with Gasteiger partial charge in [-0.3, -0.25) is 0 Å². The molecule has 1 aliphatic heterocycles. The summed E-state index contributed by atoms with van der Waals surface area (Å²) < 4.78 is 6.00. The van der Waals surface area contributed by atoms with Gasteiger partial charge in [-0.2, -0.15) is 0 Å². The molecule has 0 amide bonds. The molecule has 0 aliphatic carbocycles. The first-order valence-corrected chi connectivity index (χ1v) is 6.55. The second kappa shape index (κ2) is 6.05. The van der Waals surface area contributed by atoms with Gasteiger partial charge in [-0.15, -0.1) is 0 Å². The second-order valence-electron chi connectivity index (χ2n) is 4.04. The molecule has 1 aromatic carbocycles. The number of rotatable bonds is 3. The van der Waals surface area contributed by atoms with E-state index < -0.39 is 0 Å². The zero-order valence-electron chi connectivity index (χ0n) is 11.0. The fourth-order valence-corrected chi connectivity index (χ4v) is 2.46. The van der Waals surface area contributed by atoms with Gasteiger partial charge in [0.15, 0.2) is 0 Å². The van der Waals surface area contributed by atoms with Crippen LogP contribution in [-0.2, 0) is 16.9 Å². The molecular formula is C15H24O. The average Bonchev–Trinajstić information content (AvgIpc) is 2.73. The zero-order chi connectivity index (χ0) is 12.0. The number of hydrogen-bond donors (Lipinski definition) is 0. The minimum absolute atomic E-state index is 0.0192. The highest BCUT2D eigenvalue weighted by Crippen LogP contribution is 2.42. The molecule has 0 saturated heterocycles. The van der Waals surface area contributed by atoms with E-state index in [0.717, 1.165) is 19.4 Å². The molecule has 1 aliphatic rings.